The van der Waals surface area contributed by atoms with E-state index >= 15 is 0 Å². The molecule has 0 aromatic heterocycles. The van der Waals surface area contributed by atoms with Crippen molar-refractivity contribution in [3.05, 3.63) is 11.6 Å². The van der Waals surface area contributed by atoms with Crippen LogP contribution in [-0.2, 0) is 9.47 Å². The average Bonchev–Trinajstić information content (AvgIpc) is 2.77. The van der Waals surface area contributed by atoms with Crippen LogP contribution in [0.2, 0.25) is 0 Å². The Morgan fingerprint density at radius 3 is 2.71 bits per heavy atom. The molecule has 2 atom stereocenters. The van der Waals surface area contributed by atoms with Crippen LogP contribution >= 0.6 is 0 Å². The molecule has 78 valence electrons. The van der Waals surface area contributed by atoms with Crippen molar-refractivity contribution in [3.8, 4) is 0 Å². The normalized spacial score (nSPS) is 43.6. The van der Waals surface area contributed by atoms with Crippen LogP contribution in [0.3, 0.4) is 0 Å². The molecule has 2 aliphatic carbocycles. The molecule has 3 aliphatic rings. The molecular formula is C11H16O3. The summed E-state index contributed by atoms with van der Waals surface area (Å²) >= 11 is 0. The van der Waals surface area contributed by atoms with Crippen molar-refractivity contribution in [2.45, 2.75) is 25.6 Å². The molecular weight excluding hydrogens is 180 g/mol. The Balaban J connectivity index is 1.95. The van der Waals surface area contributed by atoms with Gasteiger partial charge in [0.25, 0.3) is 0 Å². The number of aliphatic hydroxyl groups is 1. The fraction of sp³-hybridized carbons (Fsp3) is 0.818. The minimum Gasteiger partial charge on any atom is -0.392 e. The fourth-order valence-electron chi connectivity index (χ4n) is 3.29. The van der Waals surface area contributed by atoms with E-state index in [1.165, 1.54) is 5.57 Å². The molecule has 2 unspecified atom stereocenters. The number of hydrogen-bond donors (Lipinski definition) is 1. The van der Waals surface area contributed by atoms with E-state index in [1.54, 1.807) is 0 Å². The zero-order valence-corrected chi connectivity index (χ0v) is 8.45. The van der Waals surface area contributed by atoms with Crippen LogP contribution in [0.15, 0.2) is 11.6 Å². The molecule has 0 amide bonds. The Morgan fingerprint density at radius 2 is 2.21 bits per heavy atom. The summed E-state index contributed by atoms with van der Waals surface area (Å²) in [5.41, 5.74) is 1.29. The highest BCUT2D eigenvalue weighted by Gasteiger charge is 2.60. The number of rotatable bonds is 1. The largest absolute Gasteiger partial charge is 0.392 e. The maximum atomic E-state index is 9.23. The van der Waals surface area contributed by atoms with Gasteiger partial charge in [0, 0.05) is 12.3 Å². The summed E-state index contributed by atoms with van der Waals surface area (Å²) in [5.74, 6) is 0.0186. The Bertz CT molecular complexity index is 291. The quantitative estimate of drug-likeness (QED) is 0.638. The summed E-state index contributed by atoms with van der Waals surface area (Å²) in [7, 11) is 0. The maximum Gasteiger partial charge on any atom is 0.175 e. The second-order valence-electron chi connectivity index (χ2n) is 4.91. The lowest BCUT2D eigenvalue weighted by Gasteiger charge is -2.33. The van der Waals surface area contributed by atoms with Gasteiger partial charge in [-0.05, 0) is 17.4 Å². The molecule has 0 aromatic rings. The third-order valence-electron chi connectivity index (χ3n) is 4.00. The van der Waals surface area contributed by atoms with Crippen molar-refractivity contribution in [1.82, 2.24) is 0 Å². The van der Waals surface area contributed by atoms with Crippen LogP contribution in [-0.4, -0.2) is 30.7 Å². The van der Waals surface area contributed by atoms with Gasteiger partial charge in [0.15, 0.2) is 5.79 Å². The molecule has 2 bridgehead atoms. The number of hydrogen-bond acceptors (Lipinski definition) is 3. The van der Waals surface area contributed by atoms with Crippen LogP contribution in [0.25, 0.3) is 0 Å². The fourth-order valence-corrected chi connectivity index (χ4v) is 3.29. The molecule has 3 nitrogen and oxygen atoms in total. The first-order chi connectivity index (χ1) is 6.69. The predicted molar refractivity (Wildman–Crippen MR) is 50.6 cm³/mol. The zero-order valence-electron chi connectivity index (χ0n) is 8.45. The van der Waals surface area contributed by atoms with Gasteiger partial charge in [0.1, 0.15) is 0 Å². The van der Waals surface area contributed by atoms with Crippen molar-refractivity contribution in [2.75, 3.05) is 19.8 Å². The summed E-state index contributed by atoms with van der Waals surface area (Å²) in [6.07, 6.45) is 4.15. The van der Waals surface area contributed by atoms with E-state index in [0.29, 0.717) is 5.92 Å². The molecule has 1 saturated carbocycles. The Hall–Kier alpha value is -0.380. The minimum atomic E-state index is -0.340. The van der Waals surface area contributed by atoms with Gasteiger partial charge in [0.05, 0.1) is 19.8 Å². The third-order valence-corrected chi connectivity index (χ3v) is 4.00. The first-order valence-electron chi connectivity index (χ1n) is 5.28. The van der Waals surface area contributed by atoms with E-state index in [4.69, 9.17) is 9.47 Å². The van der Waals surface area contributed by atoms with Gasteiger partial charge in [-0.3, -0.25) is 0 Å². The SMILES string of the molecule is CC12CC(C=C1CO)C1(C2)OCCO1. The van der Waals surface area contributed by atoms with Crippen molar-refractivity contribution < 1.29 is 14.6 Å². The van der Waals surface area contributed by atoms with Gasteiger partial charge in [-0.15, -0.1) is 0 Å². The summed E-state index contributed by atoms with van der Waals surface area (Å²) in [6, 6.07) is 0. The van der Waals surface area contributed by atoms with E-state index in [2.05, 4.69) is 13.0 Å². The molecule has 3 heteroatoms. The van der Waals surface area contributed by atoms with E-state index in [0.717, 1.165) is 26.1 Å². The summed E-state index contributed by atoms with van der Waals surface area (Å²) in [4.78, 5) is 0. The van der Waals surface area contributed by atoms with Gasteiger partial charge in [-0.2, -0.15) is 0 Å². The Kier molecular flexibility index (Phi) is 1.65. The number of fused-ring (bicyclic) bond motifs is 3. The van der Waals surface area contributed by atoms with Crippen molar-refractivity contribution in [2.24, 2.45) is 11.3 Å². The van der Waals surface area contributed by atoms with Gasteiger partial charge in [-0.25, -0.2) is 0 Å². The highest BCUT2D eigenvalue weighted by atomic mass is 16.7. The summed E-state index contributed by atoms with van der Waals surface area (Å²) < 4.78 is 11.5. The smallest absolute Gasteiger partial charge is 0.175 e. The van der Waals surface area contributed by atoms with E-state index in [9.17, 15) is 5.11 Å². The average molecular weight is 196 g/mol. The lowest BCUT2D eigenvalue weighted by atomic mass is 9.81. The van der Waals surface area contributed by atoms with Crippen molar-refractivity contribution in [1.29, 1.82) is 0 Å². The second kappa shape index (κ2) is 2.60. The molecule has 1 N–H and O–H groups in total. The second-order valence-corrected chi connectivity index (χ2v) is 4.91. The van der Waals surface area contributed by atoms with E-state index in [1.807, 2.05) is 0 Å². The van der Waals surface area contributed by atoms with Crippen LogP contribution in [0.5, 0.6) is 0 Å². The molecule has 2 fully saturated rings. The lowest BCUT2D eigenvalue weighted by molar-refractivity contribution is -0.177. The molecule has 1 spiro atoms. The number of ether oxygens (including phenoxy) is 2. The highest BCUT2D eigenvalue weighted by Crippen LogP contribution is 2.60. The molecule has 1 aliphatic heterocycles. The zero-order chi connectivity index (χ0) is 9.81. The molecule has 1 heterocycles. The van der Waals surface area contributed by atoms with Crippen LogP contribution < -0.4 is 0 Å². The van der Waals surface area contributed by atoms with Gasteiger partial charge in [-0.1, -0.05) is 13.0 Å². The molecule has 3 rings (SSSR count). The number of aliphatic hydroxyl groups excluding tert-OH is 1. The lowest BCUT2D eigenvalue weighted by Crippen LogP contribution is -2.37. The monoisotopic (exact) mass is 196 g/mol. The topological polar surface area (TPSA) is 38.7 Å². The Labute approximate surface area is 83.7 Å². The van der Waals surface area contributed by atoms with Gasteiger partial charge < -0.3 is 14.6 Å². The summed E-state index contributed by atoms with van der Waals surface area (Å²) in [5, 5.41) is 9.23. The van der Waals surface area contributed by atoms with Crippen molar-refractivity contribution >= 4 is 0 Å². The first kappa shape index (κ1) is 8.89. The van der Waals surface area contributed by atoms with E-state index < -0.39 is 0 Å². The van der Waals surface area contributed by atoms with Gasteiger partial charge >= 0.3 is 0 Å². The van der Waals surface area contributed by atoms with Gasteiger partial charge in [0.2, 0.25) is 0 Å². The van der Waals surface area contributed by atoms with E-state index in [-0.39, 0.29) is 17.8 Å². The highest BCUT2D eigenvalue weighted by molar-refractivity contribution is 5.30. The van der Waals surface area contributed by atoms with Crippen molar-refractivity contribution in [3.63, 3.8) is 0 Å². The maximum absolute atomic E-state index is 9.23. The summed E-state index contributed by atoms with van der Waals surface area (Å²) in [6.45, 7) is 3.82. The Morgan fingerprint density at radius 1 is 1.50 bits per heavy atom. The molecule has 0 aromatic carbocycles. The predicted octanol–water partition coefficient (Wildman–Crippen LogP) is 1.08. The standard InChI is InChI=1S/C11H16O3/c1-10-5-8(4-9(10)6-12)11(7-10)13-2-3-14-11/h4,8,12H,2-3,5-7H2,1H3. The first-order valence-corrected chi connectivity index (χ1v) is 5.28. The molecule has 0 radical (unpaired) electrons. The minimum absolute atomic E-state index is 0.115. The van der Waals surface area contributed by atoms with Crippen LogP contribution in [0.1, 0.15) is 19.8 Å². The molecule has 1 saturated heterocycles. The van der Waals surface area contributed by atoms with Crippen LogP contribution in [0.4, 0.5) is 0 Å². The third kappa shape index (κ3) is 0.926. The van der Waals surface area contributed by atoms with Crippen LogP contribution in [0, 0.1) is 11.3 Å². The molecule has 14 heavy (non-hydrogen) atoms.